The first-order valence-corrected chi connectivity index (χ1v) is 6.29. The third kappa shape index (κ3) is 1.53. The standard InChI is InChI=1S/C13H18NP/c1-12(15)5-3-2-4-10(6-12)13-7-11(13)8-14-9-13/h2-6,11,14H,7-9,15H2,1H3/t11-,12?,13+/m1/s1. The summed E-state index contributed by atoms with van der Waals surface area (Å²) in [6.45, 7) is 4.64. The molecule has 1 N–H and O–H groups in total. The minimum absolute atomic E-state index is 0.128. The smallest absolute Gasteiger partial charge is 0.0185 e. The molecule has 1 heterocycles. The van der Waals surface area contributed by atoms with Crippen LogP contribution in [-0.2, 0) is 0 Å². The first kappa shape index (κ1) is 9.81. The van der Waals surface area contributed by atoms with Crippen molar-refractivity contribution in [1.29, 1.82) is 0 Å². The maximum Gasteiger partial charge on any atom is 0.0185 e. The van der Waals surface area contributed by atoms with Gasteiger partial charge >= 0.3 is 0 Å². The van der Waals surface area contributed by atoms with E-state index in [9.17, 15) is 0 Å². The third-order valence-electron chi connectivity index (χ3n) is 3.95. The highest BCUT2D eigenvalue weighted by Crippen LogP contribution is 2.60. The van der Waals surface area contributed by atoms with Gasteiger partial charge in [-0.25, -0.2) is 0 Å². The zero-order valence-electron chi connectivity index (χ0n) is 9.16. The van der Waals surface area contributed by atoms with Crippen molar-refractivity contribution in [3.8, 4) is 0 Å². The number of piperidine rings is 1. The van der Waals surface area contributed by atoms with Crippen molar-refractivity contribution in [3.63, 3.8) is 0 Å². The molecule has 0 radical (unpaired) electrons. The van der Waals surface area contributed by atoms with Crippen LogP contribution in [-0.4, -0.2) is 18.2 Å². The van der Waals surface area contributed by atoms with Crippen LogP contribution in [0.5, 0.6) is 0 Å². The molecule has 1 saturated carbocycles. The molecular weight excluding hydrogens is 201 g/mol. The molecule has 0 aromatic rings. The monoisotopic (exact) mass is 219 g/mol. The van der Waals surface area contributed by atoms with Gasteiger partial charge in [-0.15, -0.1) is 9.24 Å². The topological polar surface area (TPSA) is 12.0 Å². The summed E-state index contributed by atoms with van der Waals surface area (Å²) in [4.78, 5) is 0. The van der Waals surface area contributed by atoms with Crippen molar-refractivity contribution in [2.24, 2.45) is 11.3 Å². The summed E-state index contributed by atoms with van der Waals surface area (Å²) in [7, 11) is 2.94. The highest BCUT2D eigenvalue weighted by atomic mass is 31.0. The van der Waals surface area contributed by atoms with Crippen LogP contribution in [0.2, 0.25) is 0 Å². The second kappa shape index (κ2) is 3.06. The Morgan fingerprint density at radius 3 is 3.00 bits per heavy atom. The molecular formula is C13H18NP. The molecule has 0 spiro atoms. The van der Waals surface area contributed by atoms with Crippen molar-refractivity contribution < 1.29 is 0 Å². The van der Waals surface area contributed by atoms with Gasteiger partial charge in [-0.3, -0.25) is 0 Å². The predicted molar refractivity (Wildman–Crippen MR) is 67.9 cm³/mol. The number of nitrogens with one attached hydrogen (secondary N) is 1. The van der Waals surface area contributed by atoms with Crippen LogP contribution in [0.15, 0.2) is 36.0 Å². The summed E-state index contributed by atoms with van der Waals surface area (Å²) in [5.74, 6) is 0.896. The van der Waals surface area contributed by atoms with Gasteiger partial charge in [-0.1, -0.05) is 30.4 Å². The molecule has 1 aliphatic heterocycles. The fourth-order valence-corrected chi connectivity index (χ4v) is 3.24. The van der Waals surface area contributed by atoms with Crippen LogP contribution in [0, 0.1) is 11.3 Å². The molecule has 2 heteroatoms. The second-order valence-corrected chi connectivity index (χ2v) is 6.62. The first-order chi connectivity index (χ1) is 7.12. The molecule has 3 aliphatic rings. The molecule has 0 aromatic heterocycles. The molecule has 3 rings (SSSR count). The average Bonchev–Trinajstić information content (AvgIpc) is 2.80. The Kier molecular flexibility index (Phi) is 2.00. The van der Waals surface area contributed by atoms with E-state index in [2.05, 4.69) is 51.9 Å². The van der Waals surface area contributed by atoms with Gasteiger partial charge < -0.3 is 5.32 Å². The van der Waals surface area contributed by atoms with Crippen LogP contribution < -0.4 is 5.32 Å². The van der Waals surface area contributed by atoms with Gasteiger partial charge in [0, 0.05) is 17.1 Å². The second-order valence-electron chi connectivity index (χ2n) is 5.37. The maximum absolute atomic E-state index is 3.51. The highest BCUT2D eigenvalue weighted by Gasteiger charge is 2.58. The predicted octanol–water partition coefficient (Wildman–Crippen LogP) is 2.28. The van der Waals surface area contributed by atoms with E-state index >= 15 is 0 Å². The molecule has 80 valence electrons. The molecule has 2 unspecified atom stereocenters. The van der Waals surface area contributed by atoms with Crippen LogP contribution in [0.25, 0.3) is 0 Å². The van der Waals surface area contributed by atoms with Crippen LogP contribution in [0.4, 0.5) is 0 Å². The number of fused-ring (bicyclic) bond motifs is 1. The van der Waals surface area contributed by atoms with Crippen molar-refractivity contribution in [3.05, 3.63) is 36.0 Å². The van der Waals surface area contributed by atoms with Gasteiger partial charge in [-0.2, -0.15) is 0 Å². The van der Waals surface area contributed by atoms with Gasteiger partial charge in [0.05, 0.1) is 0 Å². The lowest BCUT2D eigenvalue weighted by molar-refractivity contribution is 0.616. The van der Waals surface area contributed by atoms with E-state index in [1.807, 2.05) is 0 Å². The van der Waals surface area contributed by atoms with Gasteiger partial charge in [0.15, 0.2) is 0 Å². The normalized spacial score (nSPS) is 47.3. The third-order valence-corrected chi connectivity index (χ3v) is 4.31. The van der Waals surface area contributed by atoms with Crippen molar-refractivity contribution in [1.82, 2.24) is 5.32 Å². The molecule has 0 aromatic carbocycles. The fourth-order valence-electron chi connectivity index (χ4n) is 2.95. The van der Waals surface area contributed by atoms with E-state index < -0.39 is 0 Å². The van der Waals surface area contributed by atoms with E-state index in [1.165, 1.54) is 19.5 Å². The molecule has 1 nitrogen and oxygen atoms in total. The Morgan fingerprint density at radius 2 is 2.33 bits per heavy atom. The number of rotatable bonds is 1. The molecule has 0 bridgehead atoms. The molecule has 1 saturated heterocycles. The molecule has 0 amide bonds. The van der Waals surface area contributed by atoms with E-state index in [4.69, 9.17) is 0 Å². The molecule has 2 aliphatic carbocycles. The SMILES string of the molecule is CC1(P)C=CC=CC([C@]23CNC[C@H]2C3)=C1. The summed E-state index contributed by atoms with van der Waals surface area (Å²) >= 11 is 0. The van der Waals surface area contributed by atoms with Gasteiger partial charge in [0.2, 0.25) is 0 Å². The Balaban J connectivity index is 1.96. The van der Waals surface area contributed by atoms with Gasteiger partial charge in [-0.05, 0) is 31.4 Å². The molecule has 4 atom stereocenters. The Morgan fingerprint density at radius 1 is 1.47 bits per heavy atom. The Bertz CT molecular complexity index is 378. The largest absolute Gasteiger partial charge is 0.316 e. The first-order valence-electron chi connectivity index (χ1n) is 5.71. The summed E-state index contributed by atoms with van der Waals surface area (Å²) in [5.41, 5.74) is 2.03. The van der Waals surface area contributed by atoms with Crippen molar-refractivity contribution in [2.45, 2.75) is 18.5 Å². The number of hydrogen-bond acceptors (Lipinski definition) is 1. The van der Waals surface area contributed by atoms with Crippen LogP contribution in [0.1, 0.15) is 13.3 Å². The summed E-state index contributed by atoms with van der Waals surface area (Å²) in [5, 5.41) is 3.63. The summed E-state index contributed by atoms with van der Waals surface area (Å²) in [6.07, 6.45) is 12.7. The fraction of sp³-hybridized carbons (Fsp3) is 0.538. The van der Waals surface area contributed by atoms with Gasteiger partial charge in [0.25, 0.3) is 0 Å². The lowest BCUT2D eigenvalue weighted by Gasteiger charge is -2.19. The highest BCUT2D eigenvalue weighted by molar-refractivity contribution is 7.19. The lowest BCUT2D eigenvalue weighted by atomic mass is 9.92. The van der Waals surface area contributed by atoms with Crippen molar-refractivity contribution >= 4 is 9.24 Å². The zero-order chi connectivity index (χ0) is 10.5. The number of hydrogen-bond donors (Lipinski definition) is 1. The molecule has 15 heavy (non-hydrogen) atoms. The van der Waals surface area contributed by atoms with Gasteiger partial charge in [0.1, 0.15) is 0 Å². The lowest BCUT2D eigenvalue weighted by Crippen LogP contribution is -2.19. The Hall–Kier alpha value is -0.390. The van der Waals surface area contributed by atoms with Crippen LogP contribution in [0.3, 0.4) is 0 Å². The maximum atomic E-state index is 3.51. The quantitative estimate of drug-likeness (QED) is 0.667. The van der Waals surface area contributed by atoms with E-state index in [0.717, 1.165) is 5.92 Å². The van der Waals surface area contributed by atoms with E-state index in [1.54, 1.807) is 5.57 Å². The molecule has 2 fully saturated rings. The van der Waals surface area contributed by atoms with E-state index in [0.29, 0.717) is 5.41 Å². The summed E-state index contributed by atoms with van der Waals surface area (Å²) in [6, 6.07) is 0. The van der Waals surface area contributed by atoms with Crippen molar-refractivity contribution in [2.75, 3.05) is 13.1 Å². The minimum Gasteiger partial charge on any atom is -0.316 e. The zero-order valence-corrected chi connectivity index (χ0v) is 10.3. The van der Waals surface area contributed by atoms with E-state index in [-0.39, 0.29) is 5.16 Å². The summed E-state index contributed by atoms with van der Waals surface area (Å²) < 4.78 is 0. The average molecular weight is 219 g/mol. The van der Waals surface area contributed by atoms with Crippen LogP contribution >= 0.6 is 9.24 Å². The minimum atomic E-state index is 0.128. The Labute approximate surface area is 93.9 Å². The number of allylic oxidation sites excluding steroid dienone is 5.